The summed E-state index contributed by atoms with van der Waals surface area (Å²) >= 11 is 0. The first-order valence-corrected chi connectivity index (χ1v) is 12.1. The van der Waals surface area contributed by atoms with Crippen LogP contribution >= 0.6 is 0 Å². The highest BCUT2D eigenvalue weighted by atomic mass is 16.2. The average Bonchev–Trinajstić information content (AvgIpc) is 3.09. The monoisotopic (exact) mass is 445 g/mol. The van der Waals surface area contributed by atoms with Crippen molar-refractivity contribution in [3.63, 3.8) is 0 Å². The Morgan fingerprint density at radius 3 is 2.21 bits per heavy atom. The molecule has 1 saturated carbocycles. The summed E-state index contributed by atoms with van der Waals surface area (Å²) < 4.78 is 0. The maximum atomic E-state index is 13.8. The zero-order valence-electron chi connectivity index (χ0n) is 19.2. The van der Waals surface area contributed by atoms with Gasteiger partial charge in [0.25, 0.3) is 0 Å². The number of carbonyl (C=O) groups is 3. The molecule has 2 fully saturated rings. The van der Waals surface area contributed by atoms with Crippen LogP contribution in [0.5, 0.6) is 0 Å². The van der Waals surface area contributed by atoms with E-state index in [0.29, 0.717) is 0 Å². The fourth-order valence-corrected chi connectivity index (χ4v) is 5.90. The van der Waals surface area contributed by atoms with Crippen molar-refractivity contribution in [3.05, 3.63) is 60.2 Å². The van der Waals surface area contributed by atoms with Crippen LogP contribution in [-0.2, 0) is 14.4 Å². The van der Waals surface area contributed by atoms with Gasteiger partial charge in [0.1, 0.15) is 6.04 Å². The lowest BCUT2D eigenvalue weighted by Crippen LogP contribution is -2.54. The second kappa shape index (κ2) is 8.65. The third-order valence-corrected chi connectivity index (χ3v) is 7.56. The maximum Gasteiger partial charge on any atom is 0.250 e. The predicted octanol–water partition coefficient (Wildman–Crippen LogP) is 4.53. The Morgan fingerprint density at radius 2 is 1.55 bits per heavy atom. The highest BCUT2D eigenvalue weighted by molar-refractivity contribution is 6.10. The van der Waals surface area contributed by atoms with Crippen LogP contribution in [-0.4, -0.2) is 34.7 Å². The van der Waals surface area contributed by atoms with Gasteiger partial charge in [-0.15, -0.1) is 0 Å². The van der Waals surface area contributed by atoms with Crippen LogP contribution in [0, 0.1) is 11.8 Å². The highest BCUT2D eigenvalue weighted by Gasteiger charge is 2.51. The molecule has 172 valence electrons. The molecule has 6 heteroatoms. The van der Waals surface area contributed by atoms with Crippen LogP contribution in [0.2, 0.25) is 0 Å². The second-order valence-corrected chi connectivity index (χ2v) is 9.63. The lowest BCUT2D eigenvalue weighted by molar-refractivity contribution is -0.146. The number of hydrogen-bond acceptors (Lipinski definition) is 4. The molecular formula is C27H31N3O3. The fourth-order valence-electron chi connectivity index (χ4n) is 5.90. The minimum atomic E-state index is -0.801. The summed E-state index contributed by atoms with van der Waals surface area (Å²) in [5.74, 6) is -0.994. The first-order valence-electron chi connectivity index (χ1n) is 12.1. The molecular weight excluding hydrogens is 414 g/mol. The average molecular weight is 446 g/mol. The van der Waals surface area contributed by atoms with Crippen LogP contribution in [0.15, 0.2) is 54.6 Å². The van der Waals surface area contributed by atoms with E-state index in [2.05, 4.69) is 5.32 Å². The molecule has 0 bridgehead atoms. The number of anilines is 2. The van der Waals surface area contributed by atoms with Gasteiger partial charge >= 0.3 is 0 Å². The molecule has 0 spiro atoms. The first kappa shape index (κ1) is 21.7. The highest BCUT2D eigenvalue weighted by Crippen LogP contribution is 2.42. The van der Waals surface area contributed by atoms with Gasteiger partial charge in [-0.05, 0) is 56.9 Å². The van der Waals surface area contributed by atoms with Crippen molar-refractivity contribution in [2.45, 2.75) is 64.1 Å². The van der Waals surface area contributed by atoms with E-state index in [1.165, 1.54) is 4.90 Å². The lowest BCUT2D eigenvalue weighted by atomic mass is 9.81. The third kappa shape index (κ3) is 3.71. The molecule has 5 atom stereocenters. The molecule has 2 aromatic carbocycles. The number of nitrogens with one attached hydrogen (secondary N) is 1. The molecule has 0 unspecified atom stereocenters. The van der Waals surface area contributed by atoms with E-state index in [9.17, 15) is 14.4 Å². The number of rotatable bonds is 4. The van der Waals surface area contributed by atoms with E-state index < -0.39 is 6.04 Å². The number of nitrogens with zero attached hydrogens (tertiary/aromatic N) is 2. The second-order valence-electron chi connectivity index (χ2n) is 9.63. The van der Waals surface area contributed by atoms with E-state index in [1.54, 1.807) is 11.8 Å². The molecule has 1 saturated heterocycles. The number of carbonyl (C=O) groups excluding carboxylic acids is 3. The Kier molecular flexibility index (Phi) is 5.69. The van der Waals surface area contributed by atoms with Crippen molar-refractivity contribution in [2.75, 3.05) is 10.2 Å². The van der Waals surface area contributed by atoms with Gasteiger partial charge in [-0.25, -0.2) is 0 Å². The summed E-state index contributed by atoms with van der Waals surface area (Å²) in [6, 6.07) is 17.2. The Morgan fingerprint density at radius 1 is 0.939 bits per heavy atom. The van der Waals surface area contributed by atoms with Crippen molar-refractivity contribution >= 4 is 29.1 Å². The Hall–Kier alpha value is -3.15. The van der Waals surface area contributed by atoms with Gasteiger partial charge in [0, 0.05) is 17.4 Å². The Balaban J connectivity index is 1.42. The molecule has 1 N–H and O–H groups in total. The van der Waals surface area contributed by atoms with Gasteiger partial charge < -0.3 is 10.2 Å². The Bertz CT molecular complexity index is 1050. The lowest BCUT2D eigenvalue weighted by Gasteiger charge is -2.41. The van der Waals surface area contributed by atoms with Crippen LogP contribution < -0.4 is 10.2 Å². The van der Waals surface area contributed by atoms with Crippen molar-refractivity contribution < 1.29 is 14.4 Å². The van der Waals surface area contributed by atoms with Crippen LogP contribution in [0.25, 0.3) is 0 Å². The minimum Gasteiger partial charge on any atom is -0.378 e. The largest absolute Gasteiger partial charge is 0.378 e. The normalized spacial score (nSPS) is 27.7. The summed E-state index contributed by atoms with van der Waals surface area (Å²) in [6.07, 6.45) is 4.19. The van der Waals surface area contributed by atoms with Crippen molar-refractivity contribution in [2.24, 2.45) is 11.8 Å². The molecule has 2 heterocycles. The molecule has 2 aromatic rings. The van der Waals surface area contributed by atoms with Crippen LogP contribution in [0.4, 0.5) is 11.4 Å². The van der Waals surface area contributed by atoms with Crippen LogP contribution in [0.3, 0.4) is 0 Å². The van der Waals surface area contributed by atoms with Gasteiger partial charge in [0.2, 0.25) is 17.7 Å². The topological polar surface area (TPSA) is 69.7 Å². The summed E-state index contributed by atoms with van der Waals surface area (Å²) in [7, 11) is 0. The van der Waals surface area contributed by atoms with Gasteiger partial charge in [-0.1, -0.05) is 49.2 Å². The predicted molar refractivity (Wildman–Crippen MR) is 128 cm³/mol. The molecule has 5 rings (SSSR count). The number of hydrogen-bond donors (Lipinski definition) is 1. The molecule has 3 amide bonds. The summed E-state index contributed by atoms with van der Waals surface area (Å²) in [6.45, 7) is 3.74. The summed E-state index contributed by atoms with van der Waals surface area (Å²) in [5, 5.41) is 3.60. The van der Waals surface area contributed by atoms with Gasteiger partial charge in [-0.2, -0.15) is 0 Å². The van der Waals surface area contributed by atoms with Crippen molar-refractivity contribution in [1.82, 2.24) is 4.90 Å². The molecule has 2 aliphatic heterocycles. The fraction of sp³-hybridized carbons (Fsp3) is 0.444. The van der Waals surface area contributed by atoms with Gasteiger partial charge in [0.15, 0.2) is 0 Å². The van der Waals surface area contributed by atoms with Gasteiger partial charge in [-0.3, -0.25) is 19.3 Å². The quantitative estimate of drug-likeness (QED) is 0.702. The van der Waals surface area contributed by atoms with E-state index >= 15 is 0 Å². The molecule has 0 aromatic heterocycles. The smallest absolute Gasteiger partial charge is 0.250 e. The molecule has 0 radical (unpaired) electrons. The zero-order chi connectivity index (χ0) is 23.1. The Labute approximate surface area is 194 Å². The third-order valence-electron chi connectivity index (χ3n) is 7.56. The number of fused-ring (bicyclic) bond motifs is 2. The van der Waals surface area contributed by atoms with Crippen LogP contribution in [0.1, 0.15) is 57.6 Å². The van der Waals surface area contributed by atoms with E-state index in [-0.39, 0.29) is 41.6 Å². The minimum absolute atomic E-state index is 0.0656. The first-order chi connectivity index (χ1) is 16.0. The van der Waals surface area contributed by atoms with Gasteiger partial charge in [0.05, 0.1) is 17.9 Å². The maximum absolute atomic E-state index is 13.8. The van der Waals surface area contributed by atoms with Crippen molar-refractivity contribution in [1.29, 1.82) is 0 Å². The standard InChI is InChI=1S/C27H31N3O3/c1-17-16-23(28-19-10-4-3-5-11-19)22-14-8-9-15-24(22)29(17)25(31)18(2)30-26(32)20-12-6-7-13-21(20)27(30)33/h3-5,8-11,14-15,17-18,20-21,23,28H,6-7,12-13,16H2,1-2H3/t17-,18-,20-,21-,23-/m0/s1. The molecule has 6 nitrogen and oxygen atoms in total. The number of likely N-dealkylation sites (tertiary alicyclic amines) is 1. The molecule has 1 aliphatic carbocycles. The van der Waals surface area contributed by atoms with E-state index in [1.807, 2.05) is 61.5 Å². The number of benzene rings is 2. The van der Waals surface area contributed by atoms with E-state index in [0.717, 1.165) is 49.0 Å². The van der Waals surface area contributed by atoms with E-state index in [4.69, 9.17) is 0 Å². The number of imide groups is 1. The zero-order valence-corrected chi connectivity index (χ0v) is 19.2. The number of amides is 3. The molecule has 3 aliphatic rings. The number of para-hydroxylation sites is 2. The molecule has 33 heavy (non-hydrogen) atoms. The SMILES string of the molecule is C[C@@H](C(=O)N1c2ccccc2[C@@H](Nc2ccccc2)C[C@@H]1C)N1C(=O)[C@H]2CCCC[C@@H]2C1=O. The van der Waals surface area contributed by atoms with Crippen molar-refractivity contribution in [3.8, 4) is 0 Å². The summed E-state index contributed by atoms with van der Waals surface area (Å²) in [5.41, 5.74) is 2.93. The summed E-state index contributed by atoms with van der Waals surface area (Å²) in [4.78, 5) is 43.0.